The minimum absolute atomic E-state index is 0.176. The zero-order valence-electron chi connectivity index (χ0n) is 11.5. The fraction of sp³-hybridized carbons (Fsp3) is 0. The topological polar surface area (TPSA) is 49.9 Å². The van der Waals surface area contributed by atoms with Crippen molar-refractivity contribution in [2.75, 3.05) is 0 Å². The number of hydrogen-bond donors (Lipinski definition) is 1. The van der Waals surface area contributed by atoms with Gasteiger partial charge in [-0.05, 0) is 58.4 Å². The summed E-state index contributed by atoms with van der Waals surface area (Å²) in [4.78, 5) is 27.8. The van der Waals surface area contributed by atoms with Gasteiger partial charge >= 0.3 is 0 Å². The Morgan fingerprint density at radius 3 is 2.52 bits per heavy atom. The number of benzene rings is 1. The van der Waals surface area contributed by atoms with Crippen LogP contribution < -0.4 is 14.8 Å². The quantitative estimate of drug-likeness (QED) is 0.653. The van der Waals surface area contributed by atoms with Crippen LogP contribution in [0.2, 0.25) is 5.02 Å². The van der Waals surface area contributed by atoms with E-state index in [0.29, 0.717) is 19.8 Å². The number of nitrogens with one attached hydrogen (secondary N) is 1. The molecule has 0 saturated heterocycles. The van der Waals surface area contributed by atoms with E-state index in [1.54, 1.807) is 24.3 Å². The third-order valence-electron chi connectivity index (χ3n) is 2.94. The number of hydrogen-bond acceptors (Lipinski definition) is 4. The van der Waals surface area contributed by atoms with Gasteiger partial charge in [-0.3, -0.25) is 9.59 Å². The number of ketones is 1. The first-order valence-corrected chi connectivity index (χ1v) is 9.29. The zero-order chi connectivity index (χ0) is 16.4. The summed E-state index contributed by atoms with van der Waals surface area (Å²) in [6.45, 7) is 0. The van der Waals surface area contributed by atoms with Crippen molar-refractivity contribution in [3.05, 3.63) is 75.2 Å². The van der Waals surface area contributed by atoms with E-state index in [-0.39, 0.29) is 11.3 Å². The number of rotatable bonds is 3. The molecule has 0 spiro atoms. The number of aromatic nitrogens is 1. The van der Waals surface area contributed by atoms with Gasteiger partial charge in [0.2, 0.25) is 0 Å². The highest BCUT2D eigenvalue weighted by Gasteiger charge is 2.03. The van der Waals surface area contributed by atoms with Crippen molar-refractivity contribution >= 4 is 68.1 Å². The average molecular weight is 427 g/mol. The predicted molar refractivity (Wildman–Crippen MR) is 100 cm³/mol. The number of carbonyl (C=O) groups excluding carboxylic acids is 1. The molecule has 0 atom stereocenters. The molecule has 116 valence electrons. The van der Waals surface area contributed by atoms with Gasteiger partial charge in [0.1, 0.15) is 0 Å². The highest BCUT2D eigenvalue weighted by Crippen LogP contribution is 2.22. The van der Waals surface area contributed by atoms with E-state index >= 15 is 0 Å². The van der Waals surface area contributed by atoms with Crippen LogP contribution in [0.1, 0.15) is 15.2 Å². The van der Waals surface area contributed by atoms with Crippen LogP contribution in [0.4, 0.5) is 0 Å². The van der Waals surface area contributed by atoms with Crippen LogP contribution in [0, 0.1) is 0 Å². The SMILES string of the molecule is O=C(/C=c1\[nH]c(=O)/c(=C\c2ccc(Br)s2)s1)c1ccc(Cl)cc1. The molecule has 3 aromatic rings. The molecule has 1 N–H and O–H groups in total. The first kappa shape index (κ1) is 16.4. The van der Waals surface area contributed by atoms with Crippen molar-refractivity contribution in [2.24, 2.45) is 0 Å². The van der Waals surface area contributed by atoms with Gasteiger partial charge in [0.25, 0.3) is 5.56 Å². The van der Waals surface area contributed by atoms with Gasteiger partial charge in [0.05, 0.1) is 13.0 Å². The second-order valence-corrected chi connectivity index (χ2v) is 8.60. The molecule has 0 saturated carbocycles. The van der Waals surface area contributed by atoms with E-state index in [2.05, 4.69) is 20.9 Å². The first-order chi connectivity index (χ1) is 11.0. The Morgan fingerprint density at radius 1 is 1.13 bits per heavy atom. The number of H-pyrrole nitrogens is 1. The van der Waals surface area contributed by atoms with E-state index in [0.717, 1.165) is 8.66 Å². The Hall–Kier alpha value is -1.47. The fourth-order valence-electron chi connectivity index (χ4n) is 1.88. The lowest BCUT2D eigenvalue weighted by Gasteiger charge is -1.94. The molecule has 0 aliphatic carbocycles. The summed E-state index contributed by atoms with van der Waals surface area (Å²) in [6.07, 6.45) is 3.24. The van der Waals surface area contributed by atoms with E-state index in [1.165, 1.54) is 28.7 Å². The van der Waals surface area contributed by atoms with Crippen molar-refractivity contribution < 1.29 is 4.79 Å². The molecule has 2 heterocycles. The minimum Gasteiger partial charge on any atom is -0.313 e. The summed E-state index contributed by atoms with van der Waals surface area (Å²) in [5.41, 5.74) is 0.325. The molecule has 23 heavy (non-hydrogen) atoms. The molecule has 2 aromatic heterocycles. The Balaban J connectivity index is 1.97. The van der Waals surface area contributed by atoms with Gasteiger partial charge in [-0.15, -0.1) is 22.7 Å². The standard InChI is InChI=1S/C16H9BrClNO2S2/c17-14-6-5-11(22-14)7-13-16(21)19-15(23-13)8-12(20)9-1-3-10(18)4-2-9/h1-8H,(H,19,21)/b13-7+,15-8+. The Bertz CT molecular complexity index is 1030. The minimum atomic E-state index is -0.199. The van der Waals surface area contributed by atoms with E-state index in [9.17, 15) is 9.59 Å². The van der Waals surface area contributed by atoms with Gasteiger partial charge < -0.3 is 4.98 Å². The summed E-state index contributed by atoms with van der Waals surface area (Å²) in [5.74, 6) is -0.176. The van der Waals surface area contributed by atoms with Crippen molar-refractivity contribution in [1.82, 2.24) is 4.98 Å². The molecule has 0 bridgehead atoms. The molecular formula is C16H9BrClNO2S2. The number of aromatic amines is 1. The molecule has 0 amide bonds. The van der Waals surface area contributed by atoms with Crippen LogP contribution in [0.3, 0.4) is 0 Å². The van der Waals surface area contributed by atoms with Crippen LogP contribution in [0.15, 0.2) is 45.0 Å². The maximum Gasteiger partial charge on any atom is 0.266 e. The van der Waals surface area contributed by atoms with Crippen molar-refractivity contribution in [3.63, 3.8) is 0 Å². The molecule has 7 heteroatoms. The molecule has 3 rings (SSSR count). The summed E-state index contributed by atoms with van der Waals surface area (Å²) in [7, 11) is 0. The second-order valence-electron chi connectivity index (χ2n) is 4.59. The summed E-state index contributed by atoms with van der Waals surface area (Å²) in [6, 6.07) is 10.5. The second kappa shape index (κ2) is 6.97. The molecule has 0 fully saturated rings. The van der Waals surface area contributed by atoms with Gasteiger partial charge in [-0.25, -0.2) is 0 Å². The maximum absolute atomic E-state index is 12.2. The van der Waals surface area contributed by atoms with Crippen LogP contribution >= 0.6 is 50.2 Å². The van der Waals surface area contributed by atoms with E-state index < -0.39 is 0 Å². The van der Waals surface area contributed by atoms with E-state index in [4.69, 9.17) is 11.6 Å². The highest BCUT2D eigenvalue weighted by molar-refractivity contribution is 9.11. The van der Waals surface area contributed by atoms with Crippen molar-refractivity contribution in [1.29, 1.82) is 0 Å². The number of carbonyl (C=O) groups is 1. The molecule has 0 unspecified atom stereocenters. The molecule has 0 radical (unpaired) electrons. The van der Waals surface area contributed by atoms with Crippen LogP contribution in [-0.2, 0) is 0 Å². The lowest BCUT2D eigenvalue weighted by atomic mass is 10.1. The normalized spacial score (nSPS) is 12.8. The van der Waals surface area contributed by atoms with Crippen LogP contribution in [0.5, 0.6) is 0 Å². The average Bonchev–Trinajstić information content (AvgIpc) is 3.06. The number of thiazole rings is 1. The van der Waals surface area contributed by atoms with Crippen LogP contribution in [0.25, 0.3) is 12.2 Å². The Kier molecular flexibility index (Phi) is 4.96. The van der Waals surface area contributed by atoms with Gasteiger partial charge in [-0.1, -0.05) is 11.6 Å². The smallest absolute Gasteiger partial charge is 0.266 e. The Morgan fingerprint density at radius 2 is 1.87 bits per heavy atom. The number of Topliss-reactive ketones (excluding diaryl/α,β-unsaturated/α-hetero) is 1. The third-order valence-corrected chi connectivity index (χ3v) is 5.72. The first-order valence-electron chi connectivity index (χ1n) is 6.49. The molecule has 0 aliphatic rings. The van der Waals surface area contributed by atoms with Gasteiger partial charge in [0, 0.05) is 21.5 Å². The monoisotopic (exact) mass is 425 g/mol. The number of halogens is 2. The van der Waals surface area contributed by atoms with Crippen molar-refractivity contribution in [3.8, 4) is 0 Å². The van der Waals surface area contributed by atoms with Gasteiger partial charge in [0.15, 0.2) is 5.78 Å². The van der Waals surface area contributed by atoms with Crippen LogP contribution in [-0.4, -0.2) is 10.8 Å². The highest BCUT2D eigenvalue weighted by atomic mass is 79.9. The maximum atomic E-state index is 12.2. The molecule has 1 aromatic carbocycles. The lowest BCUT2D eigenvalue weighted by Crippen LogP contribution is -2.19. The molecule has 3 nitrogen and oxygen atoms in total. The van der Waals surface area contributed by atoms with Crippen molar-refractivity contribution in [2.45, 2.75) is 0 Å². The number of thiophene rings is 1. The largest absolute Gasteiger partial charge is 0.313 e. The summed E-state index contributed by atoms with van der Waals surface area (Å²) in [5, 5.41) is 0.574. The molecular weight excluding hydrogens is 418 g/mol. The Labute approximate surface area is 152 Å². The third kappa shape index (κ3) is 4.09. The summed E-state index contributed by atoms with van der Waals surface area (Å²) < 4.78 is 2.09. The zero-order valence-corrected chi connectivity index (χ0v) is 15.5. The fourth-order valence-corrected chi connectivity index (χ4v) is 4.32. The van der Waals surface area contributed by atoms with Gasteiger partial charge in [-0.2, -0.15) is 0 Å². The predicted octanol–water partition coefficient (Wildman–Crippen LogP) is 3.41. The summed E-state index contributed by atoms with van der Waals surface area (Å²) >= 11 is 12.0. The molecule has 0 aliphatic heterocycles. The van der Waals surface area contributed by atoms with E-state index in [1.807, 2.05) is 18.2 Å². The lowest BCUT2D eigenvalue weighted by molar-refractivity contribution is 0.106.